The van der Waals surface area contributed by atoms with E-state index in [1.807, 2.05) is 75.4 Å². The van der Waals surface area contributed by atoms with Gasteiger partial charge in [-0.1, -0.05) is 35.1 Å². The molecule has 0 aliphatic carbocycles. The molecule has 2 aromatic heterocycles. The van der Waals surface area contributed by atoms with Crippen LogP contribution >= 0.6 is 22.9 Å². The number of allylic oxidation sites excluding steroid dienone is 1. The maximum Gasteiger partial charge on any atom is 0.338 e. The molecule has 8 nitrogen and oxygen atoms in total. The van der Waals surface area contributed by atoms with Crippen LogP contribution in [0.1, 0.15) is 49.3 Å². The van der Waals surface area contributed by atoms with Crippen molar-refractivity contribution in [3.63, 3.8) is 0 Å². The second-order valence-corrected chi connectivity index (χ2v) is 11.2. The van der Waals surface area contributed by atoms with Gasteiger partial charge in [-0.2, -0.15) is 0 Å². The van der Waals surface area contributed by atoms with Gasteiger partial charge in [0.25, 0.3) is 5.56 Å². The van der Waals surface area contributed by atoms with E-state index in [2.05, 4.69) is 9.56 Å². The summed E-state index contributed by atoms with van der Waals surface area (Å²) < 4.78 is 20.5. The number of benzene rings is 2. The van der Waals surface area contributed by atoms with Crippen molar-refractivity contribution >= 4 is 35.0 Å². The number of ether oxygens (including phenoxy) is 3. The normalized spacial score (nSPS) is 14.9. The van der Waals surface area contributed by atoms with E-state index in [0.717, 1.165) is 28.2 Å². The Morgan fingerprint density at radius 3 is 2.45 bits per heavy atom. The quantitative estimate of drug-likeness (QED) is 0.256. The summed E-state index contributed by atoms with van der Waals surface area (Å²) in [7, 11) is 1.58. The minimum absolute atomic E-state index is 0.213. The van der Waals surface area contributed by atoms with Crippen LogP contribution in [0.4, 0.5) is 0 Å². The van der Waals surface area contributed by atoms with Crippen molar-refractivity contribution in [1.29, 1.82) is 0 Å². The number of esters is 1. The van der Waals surface area contributed by atoms with Crippen molar-refractivity contribution in [2.45, 2.75) is 40.7 Å². The molecule has 1 atom stereocenters. The number of fused-ring (bicyclic) bond motifs is 1. The zero-order valence-corrected chi connectivity index (χ0v) is 25.9. The van der Waals surface area contributed by atoms with E-state index in [-0.39, 0.29) is 12.2 Å². The first-order chi connectivity index (χ1) is 20.2. The lowest BCUT2D eigenvalue weighted by Crippen LogP contribution is -2.39. The Kier molecular flexibility index (Phi) is 8.43. The molecular formula is C32H32ClN3O5S. The molecule has 0 amide bonds. The Labute approximate surface area is 252 Å². The fourth-order valence-electron chi connectivity index (χ4n) is 5.29. The number of halogens is 1. The Morgan fingerprint density at radius 2 is 1.81 bits per heavy atom. The molecule has 0 unspecified atom stereocenters. The standard InChI is InChI=1S/C32H32ClN3O5S/c1-7-40-24-12-9-21(10-13-24)29-28(31(38)41-8-2)19(4)34-32-36(29)30(37)27(42-32)16-22-15-18(3)35(20(22)5)23-11-14-26(39-6)25(33)17-23/h9-17,29H,7-8H2,1-6H3/b27-16-/t29-/m1/s1. The third-order valence-corrected chi connectivity index (χ3v) is 8.45. The maximum atomic E-state index is 14.0. The van der Waals surface area contributed by atoms with E-state index in [1.54, 1.807) is 25.5 Å². The molecule has 10 heteroatoms. The highest BCUT2D eigenvalue weighted by Crippen LogP contribution is 2.32. The topological polar surface area (TPSA) is 84.0 Å². The van der Waals surface area contributed by atoms with Gasteiger partial charge in [0.15, 0.2) is 4.80 Å². The minimum Gasteiger partial charge on any atom is -0.495 e. The lowest BCUT2D eigenvalue weighted by atomic mass is 9.96. The molecular weight excluding hydrogens is 574 g/mol. The molecule has 218 valence electrons. The van der Waals surface area contributed by atoms with Crippen molar-refractivity contribution in [2.24, 2.45) is 4.99 Å². The molecule has 1 aliphatic heterocycles. The lowest BCUT2D eigenvalue weighted by Gasteiger charge is -2.24. The van der Waals surface area contributed by atoms with Gasteiger partial charge in [-0.3, -0.25) is 9.36 Å². The predicted octanol–water partition coefficient (Wildman–Crippen LogP) is 5.27. The lowest BCUT2D eigenvalue weighted by molar-refractivity contribution is -0.139. The van der Waals surface area contributed by atoms with Crippen LogP contribution in [-0.2, 0) is 9.53 Å². The number of carbonyl (C=O) groups excluding carboxylic acids is 1. The zero-order valence-electron chi connectivity index (χ0n) is 24.4. The van der Waals surface area contributed by atoms with E-state index < -0.39 is 12.0 Å². The summed E-state index contributed by atoms with van der Waals surface area (Å²) in [5, 5.41) is 0.513. The van der Waals surface area contributed by atoms with Gasteiger partial charge in [0.1, 0.15) is 11.5 Å². The summed E-state index contributed by atoms with van der Waals surface area (Å²) in [4.78, 5) is 32.4. The molecule has 0 saturated heterocycles. The monoisotopic (exact) mass is 605 g/mol. The summed E-state index contributed by atoms with van der Waals surface area (Å²) in [6.45, 7) is 10.2. The number of methoxy groups -OCH3 is 1. The van der Waals surface area contributed by atoms with Gasteiger partial charge in [-0.15, -0.1) is 0 Å². The number of nitrogens with zero attached hydrogens (tertiary/aromatic N) is 3. The molecule has 5 rings (SSSR count). The van der Waals surface area contributed by atoms with E-state index in [1.165, 1.54) is 11.3 Å². The van der Waals surface area contributed by atoms with E-state index in [4.69, 9.17) is 25.8 Å². The number of aryl methyl sites for hydroxylation is 1. The van der Waals surface area contributed by atoms with Crippen LogP contribution in [0.2, 0.25) is 5.02 Å². The van der Waals surface area contributed by atoms with Crippen LogP contribution in [0.15, 0.2) is 69.6 Å². The van der Waals surface area contributed by atoms with Gasteiger partial charge in [0, 0.05) is 17.1 Å². The number of hydrogen-bond acceptors (Lipinski definition) is 7. The zero-order chi connectivity index (χ0) is 30.1. The van der Waals surface area contributed by atoms with Crippen molar-refractivity contribution in [3.8, 4) is 17.2 Å². The first-order valence-corrected chi connectivity index (χ1v) is 14.8. The fraction of sp³-hybridized carbons (Fsp3) is 0.281. The highest BCUT2D eigenvalue weighted by atomic mass is 35.5. The predicted molar refractivity (Wildman–Crippen MR) is 165 cm³/mol. The molecule has 1 aliphatic rings. The van der Waals surface area contributed by atoms with Gasteiger partial charge in [-0.25, -0.2) is 9.79 Å². The Hall–Kier alpha value is -4.08. The Morgan fingerprint density at radius 1 is 1.07 bits per heavy atom. The van der Waals surface area contributed by atoms with Crippen LogP contribution in [0, 0.1) is 13.8 Å². The second kappa shape index (κ2) is 12.0. The summed E-state index contributed by atoms with van der Waals surface area (Å²) >= 11 is 7.71. The van der Waals surface area contributed by atoms with Gasteiger partial charge in [-0.05, 0) is 88.2 Å². The van der Waals surface area contributed by atoms with E-state index in [0.29, 0.717) is 43.7 Å². The largest absolute Gasteiger partial charge is 0.495 e. The van der Waals surface area contributed by atoms with Gasteiger partial charge >= 0.3 is 5.97 Å². The molecule has 2 aromatic carbocycles. The van der Waals surface area contributed by atoms with E-state index in [9.17, 15) is 9.59 Å². The molecule has 0 bridgehead atoms. The first-order valence-electron chi connectivity index (χ1n) is 13.6. The molecule has 0 fully saturated rings. The second-order valence-electron chi connectivity index (χ2n) is 9.79. The van der Waals surface area contributed by atoms with Crippen LogP contribution in [-0.4, -0.2) is 35.4 Å². The fourth-order valence-corrected chi connectivity index (χ4v) is 6.58. The Balaban J connectivity index is 1.65. The SMILES string of the molecule is CCOC(=O)C1=C(C)N=c2s/c(=C\c3cc(C)n(-c4ccc(OC)c(Cl)c4)c3C)c(=O)n2[C@@H]1c1ccc(OCC)cc1. The first kappa shape index (κ1) is 29.4. The molecule has 0 spiro atoms. The molecule has 3 heterocycles. The summed E-state index contributed by atoms with van der Waals surface area (Å²) in [5.74, 6) is 0.818. The third-order valence-electron chi connectivity index (χ3n) is 7.17. The summed E-state index contributed by atoms with van der Waals surface area (Å²) in [6.07, 6.45) is 1.88. The number of thiazole rings is 1. The number of carbonyl (C=O) groups is 1. The average Bonchev–Trinajstić information content (AvgIpc) is 3.42. The Bertz CT molecular complexity index is 1880. The van der Waals surface area contributed by atoms with Crippen LogP contribution < -0.4 is 24.4 Å². The molecule has 0 radical (unpaired) electrons. The minimum atomic E-state index is -0.688. The molecule has 42 heavy (non-hydrogen) atoms. The van der Waals surface area contributed by atoms with Crippen molar-refractivity contribution < 1.29 is 19.0 Å². The molecule has 0 N–H and O–H groups in total. The van der Waals surface area contributed by atoms with Crippen molar-refractivity contribution in [2.75, 3.05) is 20.3 Å². The van der Waals surface area contributed by atoms with Crippen molar-refractivity contribution in [3.05, 3.63) is 107 Å². The molecule has 4 aromatic rings. The average molecular weight is 606 g/mol. The van der Waals surface area contributed by atoms with Crippen LogP contribution in [0.5, 0.6) is 11.5 Å². The van der Waals surface area contributed by atoms with Crippen molar-refractivity contribution in [1.82, 2.24) is 9.13 Å². The van der Waals surface area contributed by atoms with E-state index >= 15 is 0 Å². The highest BCUT2D eigenvalue weighted by molar-refractivity contribution is 7.07. The van der Waals surface area contributed by atoms with Gasteiger partial charge < -0.3 is 18.8 Å². The van der Waals surface area contributed by atoms with Gasteiger partial charge in [0.2, 0.25) is 0 Å². The summed E-state index contributed by atoms with van der Waals surface area (Å²) in [6, 6.07) is 14.4. The van der Waals surface area contributed by atoms with Crippen LogP contribution in [0.25, 0.3) is 11.8 Å². The smallest absolute Gasteiger partial charge is 0.338 e. The molecule has 0 saturated carbocycles. The third kappa shape index (κ3) is 5.30. The number of hydrogen-bond donors (Lipinski definition) is 0. The van der Waals surface area contributed by atoms with Crippen LogP contribution in [0.3, 0.4) is 0 Å². The number of rotatable bonds is 8. The number of aromatic nitrogens is 2. The maximum absolute atomic E-state index is 14.0. The van der Waals surface area contributed by atoms with Gasteiger partial charge in [0.05, 0.1) is 47.2 Å². The highest BCUT2D eigenvalue weighted by Gasteiger charge is 2.33. The summed E-state index contributed by atoms with van der Waals surface area (Å²) in [5.41, 5.74) is 5.11.